The number of hydrogen-bond donors (Lipinski definition) is 2. The fraction of sp³-hybridized carbons (Fsp3) is 0.618. The van der Waals surface area contributed by atoms with Crippen molar-refractivity contribution in [3.05, 3.63) is 46.0 Å². The summed E-state index contributed by atoms with van der Waals surface area (Å²) in [5, 5.41) is 16.2. The van der Waals surface area contributed by atoms with Gasteiger partial charge in [0.05, 0.1) is 23.8 Å². The maximum absolute atomic E-state index is 13.5. The Balaban J connectivity index is 2.50. The third kappa shape index (κ3) is 11.7. The van der Waals surface area contributed by atoms with Crippen molar-refractivity contribution in [2.24, 2.45) is 5.92 Å². The molecule has 13 nitrogen and oxygen atoms in total. The molecule has 1 aromatic carbocycles. The van der Waals surface area contributed by atoms with Crippen molar-refractivity contribution in [2.45, 2.75) is 90.9 Å². The summed E-state index contributed by atoms with van der Waals surface area (Å²) >= 11 is 4.96. The SMILES string of the molecule is C=CCOC(=O)c1c(Br)c(OC)cc(O[Si](C)(C)C(C)(C)C(C)C)c1CSC[C@H](NC(=O)CN(CCO)C(=O)OC(C)(C)C)c1nc(C)no1. The number of aliphatic hydroxyl groups is 1. The van der Waals surface area contributed by atoms with Crippen molar-refractivity contribution in [1.82, 2.24) is 20.4 Å². The molecular weight excluding hydrogens is 748 g/mol. The number of carbonyl (C=O) groups excluding carboxylic acids is 3. The highest BCUT2D eigenvalue weighted by Crippen LogP contribution is 2.47. The van der Waals surface area contributed by atoms with Gasteiger partial charge in [0, 0.05) is 29.7 Å². The smallest absolute Gasteiger partial charge is 0.410 e. The molecule has 280 valence electrons. The van der Waals surface area contributed by atoms with Crippen LogP contribution >= 0.6 is 27.7 Å². The van der Waals surface area contributed by atoms with E-state index in [0.717, 1.165) is 4.90 Å². The van der Waals surface area contributed by atoms with Crippen LogP contribution in [-0.2, 0) is 20.0 Å². The number of aromatic nitrogens is 2. The molecule has 0 spiro atoms. The van der Waals surface area contributed by atoms with Crippen molar-refractivity contribution in [1.29, 1.82) is 0 Å². The Kier molecular flexibility index (Phi) is 15.9. The van der Waals surface area contributed by atoms with Gasteiger partial charge >= 0.3 is 12.1 Å². The van der Waals surface area contributed by atoms with Crippen LogP contribution in [0.25, 0.3) is 0 Å². The lowest BCUT2D eigenvalue weighted by Crippen LogP contribution is -2.48. The second-order valence-electron chi connectivity index (χ2n) is 14.1. The summed E-state index contributed by atoms with van der Waals surface area (Å²) in [7, 11) is -0.965. The molecule has 0 saturated carbocycles. The summed E-state index contributed by atoms with van der Waals surface area (Å²) in [6, 6.07) is 1.01. The molecule has 16 heteroatoms. The lowest BCUT2D eigenvalue weighted by atomic mass is 9.99. The van der Waals surface area contributed by atoms with E-state index in [1.54, 1.807) is 33.8 Å². The predicted octanol–water partition coefficient (Wildman–Crippen LogP) is 6.83. The van der Waals surface area contributed by atoms with Crippen LogP contribution in [0.3, 0.4) is 0 Å². The molecule has 0 bridgehead atoms. The van der Waals surface area contributed by atoms with Crippen molar-refractivity contribution in [3.63, 3.8) is 0 Å². The average molecular weight is 802 g/mol. The maximum Gasteiger partial charge on any atom is 0.410 e. The van der Waals surface area contributed by atoms with E-state index in [2.05, 4.69) is 78.8 Å². The Morgan fingerprint density at radius 1 is 1.20 bits per heavy atom. The molecule has 1 atom stereocenters. The average Bonchev–Trinajstić information content (AvgIpc) is 3.45. The minimum Gasteiger partial charge on any atom is -0.543 e. The lowest BCUT2D eigenvalue weighted by Gasteiger charge is -2.43. The van der Waals surface area contributed by atoms with Gasteiger partial charge in [-0.3, -0.25) is 9.69 Å². The number of esters is 1. The Labute approximate surface area is 309 Å². The van der Waals surface area contributed by atoms with E-state index >= 15 is 0 Å². The van der Waals surface area contributed by atoms with Gasteiger partial charge in [-0.15, -0.1) is 0 Å². The van der Waals surface area contributed by atoms with Crippen molar-refractivity contribution < 1.29 is 42.6 Å². The van der Waals surface area contributed by atoms with E-state index in [-0.39, 0.29) is 54.3 Å². The first kappa shape index (κ1) is 43.1. The van der Waals surface area contributed by atoms with Crippen LogP contribution in [0.2, 0.25) is 18.1 Å². The molecule has 50 heavy (non-hydrogen) atoms. The molecule has 0 saturated heterocycles. The Morgan fingerprint density at radius 3 is 2.38 bits per heavy atom. The Hall–Kier alpha value is -3.08. The monoisotopic (exact) mass is 800 g/mol. The van der Waals surface area contributed by atoms with Gasteiger partial charge in [-0.2, -0.15) is 16.7 Å². The van der Waals surface area contributed by atoms with Crippen LogP contribution < -0.4 is 14.5 Å². The Bertz CT molecular complexity index is 1490. The van der Waals surface area contributed by atoms with Crippen molar-refractivity contribution in [2.75, 3.05) is 39.2 Å². The van der Waals surface area contributed by atoms with E-state index in [0.29, 0.717) is 33.3 Å². The molecule has 2 rings (SSSR count). The molecular formula is C34H53BrN4O9SSi. The molecule has 0 radical (unpaired) electrons. The maximum atomic E-state index is 13.5. The highest BCUT2D eigenvalue weighted by molar-refractivity contribution is 9.10. The van der Waals surface area contributed by atoms with E-state index in [4.69, 9.17) is 23.2 Å². The van der Waals surface area contributed by atoms with E-state index in [9.17, 15) is 19.5 Å². The number of aliphatic hydroxyl groups excluding tert-OH is 1. The third-order valence-electron chi connectivity index (χ3n) is 8.48. The largest absolute Gasteiger partial charge is 0.543 e. The molecule has 0 unspecified atom stereocenters. The highest BCUT2D eigenvalue weighted by Gasteiger charge is 2.45. The zero-order valence-corrected chi connectivity index (χ0v) is 34.5. The van der Waals surface area contributed by atoms with Gasteiger partial charge in [0.1, 0.15) is 36.3 Å². The quantitative estimate of drug-likeness (QED) is 0.0920. The predicted molar refractivity (Wildman–Crippen MR) is 199 cm³/mol. The number of rotatable bonds is 18. The van der Waals surface area contributed by atoms with Crippen LogP contribution in [0.1, 0.15) is 82.1 Å². The summed E-state index contributed by atoms with van der Waals surface area (Å²) in [5.41, 5.74) is 0.0507. The number of carbonyl (C=O) groups is 3. The number of amides is 2. The summed E-state index contributed by atoms with van der Waals surface area (Å²) in [5.74, 6) is 1.17. The summed E-state index contributed by atoms with van der Waals surface area (Å²) in [6.07, 6.45) is 0.755. The zero-order valence-electron chi connectivity index (χ0n) is 31.1. The van der Waals surface area contributed by atoms with Gasteiger partial charge in [-0.05, 0) is 67.7 Å². The Morgan fingerprint density at radius 2 is 1.86 bits per heavy atom. The van der Waals surface area contributed by atoms with Crippen molar-refractivity contribution >= 4 is 54.0 Å². The molecule has 1 heterocycles. The number of thioether (sulfide) groups is 1. The van der Waals surface area contributed by atoms with Gasteiger partial charge in [0.25, 0.3) is 8.32 Å². The molecule has 2 aromatic rings. The van der Waals surface area contributed by atoms with Crippen molar-refractivity contribution in [3.8, 4) is 11.5 Å². The number of methoxy groups -OCH3 is 1. The number of ether oxygens (including phenoxy) is 3. The second kappa shape index (κ2) is 18.4. The molecule has 2 amide bonds. The van der Waals surface area contributed by atoms with Crippen LogP contribution in [0.15, 0.2) is 27.7 Å². The fourth-order valence-corrected chi connectivity index (χ4v) is 8.69. The van der Waals surface area contributed by atoms with Gasteiger partial charge in [-0.1, -0.05) is 45.5 Å². The first-order valence-corrected chi connectivity index (χ1v) is 21.2. The van der Waals surface area contributed by atoms with E-state index < -0.39 is 37.9 Å². The molecule has 0 aliphatic rings. The number of hydrogen-bond acceptors (Lipinski definition) is 12. The number of nitrogens with zero attached hydrogens (tertiary/aromatic N) is 3. The normalized spacial score (nSPS) is 12.7. The van der Waals surface area contributed by atoms with Crippen LogP contribution in [0.5, 0.6) is 11.5 Å². The van der Waals surface area contributed by atoms with Gasteiger partial charge in [0.15, 0.2) is 5.82 Å². The van der Waals surface area contributed by atoms with Crippen LogP contribution in [0, 0.1) is 12.8 Å². The minimum atomic E-state index is -2.48. The fourth-order valence-electron chi connectivity index (χ4n) is 4.56. The number of nitrogens with one attached hydrogen (secondary N) is 1. The topological polar surface area (TPSA) is 163 Å². The van der Waals surface area contributed by atoms with Crippen LogP contribution in [-0.4, -0.2) is 91.2 Å². The lowest BCUT2D eigenvalue weighted by molar-refractivity contribution is -0.123. The number of halogens is 1. The third-order valence-corrected chi connectivity index (χ3v) is 14.7. The molecule has 0 aliphatic heterocycles. The number of aryl methyl sites for hydroxylation is 1. The standard InChI is InChI=1S/C34H53BrN4O9SSi/c1-13-16-45-31(42)28-23(25(17-26(44-10)29(28)35)48-50(11,12)34(8,9)21(2)3)19-49-20-24(30-36-22(4)38-47-30)37-27(41)18-39(14-15-40)32(43)46-33(5,6)7/h13,17,21,24,40H,1,14-16,18-20H2,2-12H3,(H,37,41)/t24-/m0/s1. The minimum absolute atomic E-state index is 0.00704. The van der Waals surface area contributed by atoms with Gasteiger partial charge in [0.2, 0.25) is 11.8 Å². The number of benzene rings is 1. The first-order chi connectivity index (χ1) is 23.2. The first-order valence-electron chi connectivity index (χ1n) is 16.3. The highest BCUT2D eigenvalue weighted by atomic mass is 79.9. The summed E-state index contributed by atoms with van der Waals surface area (Å²) < 4.78 is 29.3. The second-order valence-corrected chi connectivity index (χ2v) is 20.4. The summed E-state index contributed by atoms with van der Waals surface area (Å²) in [6.45, 7) is 22.6. The molecule has 1 aromatic heterocycles. The van der Waals surface area contributed by atoms with E-state index in [1.165, 1.54) is 24.9 Å². The molecule has 0 aliphatic carbocycles. The van der Waals surface area contributed by atoms with Crippen LogP contribution in [0.4, 0.5) is 4.79 Å². The van der Waals surface area contributed by atoms with E-state index in [1.807, 2.05) is 0 Å². The summed E-state index contributed by atoms with van der Waals surface area (Å²) in [4.78, 5) is 45.0. The van der Waals surface area contributed by atoms with Gasteiger partial charge < -0.3 is 33.6 Å². The molecule has 0 fully saturated rings. The molecule has 2 N–H and O–H groups in total. The zero-order chi connectivity index (χ0) is 38.0. The van der Waals surface area contributed by atoms with Gasteiger partial charge in [-0.25, -0.2) is 9.59 Å².